The minimum absolute atomic E-state index is 0.123. The Morgan fingerprint density at radius 2 is 1.75 bits per heavy atom. The molecular weight excluding hydrogens is 390 g/mol. The zero-order chi connectivity index (χ0) is 14.1. The Labute approximate surface area is 132 Å². The van der Waals surface area contributed by atoms with Gasteiger partial charge in [-0.2, -0.15) is 0 Å². The number of fused-ring (bicyclic) bond motifs is 1. The van der Waals surface area contributed by atoms with E-state index in [1.165, 1.54) is 6.20 Å². The summed E-state index contributed by atoms with van der Waals surface area (Å²) in [7, 11) is 0. The lowest BCUT2D eigenvalue weighted by atomic mass is 10.0. The molecule has 0 atom stereocenters. The number of hydrogen-bond donors (Lipinski definition) is 0. The molecule has 1 aliphatic rings. The summed E-state index contributed by atoms with van der Waals surface area (Å²) in [6.07, 6.45) is 3.17. The SMILES string of the molecule is O=C(c1cncc(Br)c1)c1cc2c(cc1Br)OCCO2. The lowest BCUT2D eigenvalue weighted by Gasteiger charge is -2.19. The monoisotopic (exact) mass is 397 g/mol. The Kier molecular flexibility index (Phi) is 3.76. The third-order valence-electron chi connectivity index (χ3n) is 2.84. The maximum Gasteiger partial charge on any atom is 0.195 e. The van der Waals surface area contributed by atoms with Crippen LogP contribution in [0.3, 0.4) is 0 Å². The van der Waals surface area contributed by atoms with Gasteiger partial charge in [0.1, 0.15) is 13.2 Å². The highest BCUT2D eigenvalue weighted by Gasteiger charge is 2.20. The quantitative estimate of drug-likeness (QED) is 0.725. The molecule has 0 aliphatic carbocycles. The number of halogens is 2. The number of ketones is 1. The third-order valence-corrected chi connectivity index (χ3v) is 3.93. The van der Waals surface area contributed by atoms with Crippen LogP contribution in [0.2, 0.25) is 0 Å². The fraction of sp³-hybridized carbons (Fsp3) is 0.143. The van der Waals surface area contributed by atoms with Gasteiger partial charge in [0.25, 0.3) is 0 Å². The minimum Gasteiger partial charge on any atom is -0.486 e. The van der Waals surface area contributed by atoms with E-state index in [-0.39, 0.29) is 5.78 Å². The van der Waals surface area contributed by atoms with Gasteiger partial charge in [-0.15, -0.1) is 0 Å². The van der Waals surface area contributed by atoms with Crippen LogP contribution in [0.25, 0.3) is 0 Å². The summed E-state index contributed by atoms with van der Waals surface area (Å²) in [6.45, 7) is 1.00. The molecule has 102 valence electrons. The van der Waals surface area contributed by atoms with Crippen LogP contribution in [0.15, 0.2) is 39.5 Å². The lowest BCUT2D eigenvalue weighted by molar-refractivity contribution is 0.103. The molecule has 0 spiro atoms. The first-order valence-corrected chi connectivity index (χ1v) is 7.48. The van der Waals surface area contributed by atoms with Crippen LogP contribution in [0.4, 0.5) is 0 Å². The molecule has 1 aliphatic heterocycles. The first kappa shape index (κ1) is 13.6. The van der Waals surface area contributed by atoms with Crippen molar-refractivity contribution in [2.75, 3.05) is 13.2 Å². The van der Waals surface area contributed by atoms with Crippen LogP contribution in [-0.4, -0.2) is 24.0 Å². The number of nitrogens with zero attached hydrogens (tertiary/aromatic N) is 1. The van der Waals surface area contributed by atoms with Crippen LogP contribution >= 0.6 is 31.9 Å². The van der Waals surface area contributed by atoms with Crippen molar-refractivity contribution in [3.63, 3.8) is 0 Å². The largest absolute Gasteiger partial charge is 0.486 e. The van der Waals surface area contributed by atoms with Gasteiger partial charge >= 0.3 is 0 Å². The number of benzene rings is 1. The molecule has 0 fully saturated rings. The number of carbonyl (C=O) groups excluding carboxylic acids is 1. The van der Waals surface area contributed by atoms with E-state index in [1.807, 2.05) is 0 Å². The van der Waals surface area contributed by atoms with Gasteiger partial charge in [0.05, 0.1) is 0 Å². The molecule has 0 radical (unpaired) electrons. The number of ether oxygens (including phenoxy) is 2. The summed E-state index contributed by atoms with van der Waals surface area (Å²) in [4.78, 5) is 16.5. The maximum absolute atomic E-state index is 12.5. The van der Waals surface area contributed by atoms with E-state index in [4.69, 9.17) is 9.47 Å². The van der Waals surface area contributed by atoms with Gasteiger partial charge in [-0.3, -0.25) is 9.78 Å². The summed E-state index contributed by atoms with van der Waals surface area (Å²) in [5.74, 6) is 1.11. The van der Waals surface area contributed by atoms with Crippen molar-refractivity contribution in [1.82, 2.24) is 4.98 Å². The Morgan fingerprint density at radius 3 is 2.45 bits per heavy atom. The van der Waals surface area contributed by atoms with E-state index < -0.39 is 0 Å². The van der Waals surface area contributed by atoms with Gasteiger partial charge in [-0.1, -0.05) is 0 Å². The Morgan fingerprint density at radius 1 is 1.05 bits per heavy atom. The summed E-state index contributed by atoms with van der Waals surface area (Å²) in [5, 5.41) is 0. The predicted molar refractivity (Wildman–Crippen MR) is 80.5 cm³/mol. The van der Waals surface area contributed by atoms with E-state index in [2.05, 4.69) is 36.8 Å². The predicted octanol–water partition coefficient (Wildman–Crippen LogP) is 3.61. The second-order valence-corrected chi connectivity index (χ2v) is 5.97. The Bertz CT molecular complexity index is 688. The number of pyridine rings is 1. The van der Waals surface area contributed by atoms with Crippen molar-refractivity contribution in [3.05, 3.63) is 50.7 Å². The van der Waals surface area contributed by atoms with Crippen molar-refractivity contribution in [2.24, 2.45) is 0 Å². The van der Waals surface area contributed by atoms with E-state index in [0.717, 1.165) is 4.47 Å². The molecule has 4 nitrogen and oxygen atoms in total. The van der Waals surface area contributed by atoms with E-state index in [1.54, 1.807) is 24.4 Å². The molecule has 1 aromatic heterocycles. The molecule has 0 N–H and O–H groups in total. The average molecular weight is 399 g/mol. The smallest absolute Gasteiger partial charge is 0.195 e. The molecule has 3 rings (SSSR count). The van der Waals surface area contributed by atoms with Crippen LogP contribution in [0.1, 0.15) is 15.9 Å². The van der Waals surface area contributed by atoms with Gasteiger partial charge in [-0.25, -0.2) is 0 Å². The van der Waals surface area contributed by atoms with Crippen molar-refractivity contribution in [3.8, 4) is 11.5 Å². The number of hydrogen-bond acceptors (Lipinski definition) is 4. The maximum atomic E-state index is 12.5. The molecule has 2 aromatic rings. The molecule has 0 amide bonds. The first-order chi connectivity index (χ1) is 9.65. The van der Waals surface area contributed by atoms with Crippen molar-refractivity contribution >= 4 is 37.6 Å². The van der Waals surface area contributed by atoms with E-state index >= 15 is 0 Å². The molecular formula is C14H9Br2NO3. The number of aromatic nitrogens is 1. The molecule has 6 heteroatoms. The van der Waals surface area contributed by atoms with Crippen molar-refractivity contribution < 1.29 is 14.3 Å². The molecule has 0 unspecified atom stereocenters. The first-order valence-electron chi connectivity index (χ1n) is 5.89. The zero-order valence-electron chi connectivity index (χ0n) is 10.2. The summed E-state index contributed by atoms with van der Waals surface area (Å²) < 4.78 is 12.4. The average Bonchev–Trinajstić information content (AvgIpc) is 2.46. The summed E-state index contributed by atoms with van der Waals surface area (Å²) >= 11 is 6.71. The summed E-state index contributed by atoms with van der Waals surface area (Å²) in [5.41, 5.74) is 1.03. The second-order valence-electron chi connectivity index (χ2n) is 4.20. The highest BCUT2D eigenvalue weighted by molar-refractivity contribution is 9.10. The lowest BCUT2D eigenvalue weighted by Crippen LogP contribution is -2.16. The van der Waals surface area contributed by atoms with Crippen LogP contribution in [0, 0.1) is 0 Å². The van der Waals surface area contributed by atoms with E-state index in [0.29, 0.717) is 40.3 Å². The third kappa shape index (κ3) is 2.58. The minimum atomic E-state index is -0.123. The standard InChI is InChI=1S/C14H9Br2NO3/c15-9-3-8(6-17-7-9)14(18)10-4-12-13(5-11(10)16)20-2-1-19-12/h3-7H,1-2H2. The Hall–Kier alpha value is -1.40. The van der Waals surface area contributed by atoms with Crippen LogP contribution in [-0.2, 0) is 0 Å². The molecule has 20 heavy (non-hydrogen) atoms. The molecule has 0 saturated carbocycles. The highest BCUT2D eigenvalue weighted by Crippen LogP contribution is 2.36. The molecule has 0 bridgehead atoms. The fourth-order valence-electron chi connectivity index (χ4n) is 1.93. The van der Waals surface area contributed by atoms with Gasteiger partial charge in [0, 0.05) is 32.5 Å². The topological polar surface area (TPSA) is 48.4 Å². The second kappa shape index (κ2) is 5.54. The number of carbonyl (C=O) groups is 1. The Balaban J connectivity index is 2.03. The molecule has 1 aromatic carbocycles. The zero-order valence-corrected chi connectivity index (χ0v) is 13.4. The van der Waals surface area contributed by atoms with Crippen LogP contribution in [0.5, 0.6) is 11.5 Å². The van der Waals surface area contributed by atoms with Crippen molar-refractivity contribution in [1.29, 1.82) is 0 Å². The summed E-state index contributed by atoms with van der Waals surface area (Å²) in [6, 6.07) is 5.19. The number of rotatable bonds is 2. The van der Waals surface area contributed by atoms with Gasteiger partial charge in [0.2, 0.25) is 0 Å². The normalized spacial score (nSPS) is 13.1. The van der Waals surface area contributed by atoms with Gasteiger partial charge in [-0.05, 0) is 50.1 Å². The molecule has 2 heterocycles. The van der Waals surface area contributed by atoms with Crippen LogP contribution < -0.4 is 9.47 Å². The fourth-order valence-corrected chi connectivity index (χ4v) is 2.80. The van der Waals surface area contributed by atoms with Crippen molar-refractivity contribution in [2.45, 2.75) is 0 Å². The van der Waals surface area contributed by atoms with E-state index in [9.17, 15) is 4.79 Å². The molecule has 0 saturated heterocycles. The van der Waals surface area contributed by atoms with Gasteiger partial charge in [0.15, 0.2) is 17.3 Å². The van der Waals surface area contributed by atoms with Gasteiger partial charge < -0.3 is 9.47 Å². The highest BCUT2D eigenvalue weighted by atomic mass is 79.9.